The van der Waals surface area contributed by atoms with Crippen LogP contribution in [0.3, 0.4) is 0 Å². The van der Waals surface area contributed by atoms with Crippen LogP contribution < -0.4 is 10.1 Å². The van der Waals surface area contributed by atoms with Gasteiger partial charge in [-0.2, -0.15) is 0 Å². The molecule has 1 aromatic carbocycles. The van der Waals surface area contributed by atoms with Crippen molar-refractivity contribution >= 4 is 5.91 Å². The molecule has 1 saturated heterocycles. The minimum absolute atomic E-state index is 0.150. The van der Waals surface area contributed by atoms with Crippen LogP contribution in [0.25, 0.3) is 0 Å². The summed E-state index contributed by atoms with van der Waals surface area (Å²) in [5, 5.41) is 13.3. The molecule has 5 heteroatoms. The monoisotopic (exact) mass is 320 g/mol. The van der Waals surface area contributed by atoms with Crippen molar-refractivity contribution in [2.75, 3.05) is 26.7 Å². The Morgan fingerprint density at radius 3 is 2.70 bits per heavy atom. The second kappa shape index (κ2) is 8.31. The molecule has 2 atom stereocenters. The standard InChI is InChI=1S/C18H28N2O3/c1-13(2)11-20-10-4-5-17(21)16(12-20)19-18(22)14-6-8-15(23-3)9-7-14/h6-9,13,16-17,21H,4-5,10-12H2,1-3H3,(H,19,22)/t16-,17-/m1/s1. The number of methoxy groups -OCH3 is 1. The summed E-state index contributed by atoms with van der Waals surface area (Å²) in [5.74, 6) is 1.14. The molecular weight excluding hydrogens is 292 g/mol. The summed E-state index contributed by atoms with van der Waals surface area (Å²) in [4.78, 5) is 14.8. The summed E-state index contributed by atoms with van der Waals surface area (Å²) in [6.45, 7) is 7.03. The highest BCUT2D eigenvalue weighted by Gasteiger charge is 2.27. The molecule has 0 spiro atoms. The number of likely N-dealkylation sites (tertiary alicyclic amines) is 1. The lowest BCUT2D eigenvalue weighted by molar-refractivity contribution is 0.0796. The number of hydrogen-bond donors (Lipinski definition) is 2. The molecule has 1 heterocycles. The van der Waals surface area contributed by atoms with Crippen molar-refractivity contribution in [2.24, 2.45) is 5.92 Å². The molecule has 1 fully saturated rings. The number of nitrogens with zero attached hydrogens (tertiary/aromatic N) is 1. The Balaban J connectivity index is 2.00. The number of nitrogens with one attached hydrogen (secondary N) is 1. The molecule has 2 rings (SSSR count). The first-order valence-corrected chi connectivity index (χ1v) is 8.35. The Morgan fingerprint density at radius 2 is 2.09 bits per heavy atom. The van der Waals surface area contributed by atoms with Crippen molar-refractivity contribution in [2.45, 2.75) is 38.8 Å². The number of hydrogen-bond acceptors (Lipinski definition) is 4. The molecule has 0 saturated carbocycles. The molecule has 1 aromatic rings. The number of aliphatic hydroxyl groups excluding tert-OH is 1. The molecule has 0 radical (unpaired) electrons. The van der Waals surface area contributed by atoms with E-state index in [1.165, 1.54) is 0 Å². The number of carbonyl (C=O) groups is 1. The Morgan fingerprint density at radius 1 is 1.39 bits per heavy atom. The summed E-state index contributed by atoms with van der Waals surface area (Å²) in [6, 6.07) is 6.78. The molecule has 1 amide bonds. The highest BCUT2D eigenvalue weighted by Crippen LogP contribution is 2.15. The summed E-state index contributed by atoms with van der Waals surface area (Å²) in [5.41, 5.74) is 0.581. The van der Waals surface area contributed by atoms with Gasteiger partial charge < -0.3 is 20.1 Å². The Bertz CT molecular complexity index is 501. The SMILES string of the molecule is COc1ccc(C(=O)N[C@@H]2CN(CC(C)C)CCC[C@H]2O)cc1. The number of amides is 1. The number of rotatable bonds is 5. The molecule has 0 bridgehead atoms. The van der Waals surface area contributed by atoms with Gasteiger partial charge in [0.15, 0.2) is 0 Å². The van der Waals surface area contributed by atoms with Crippen LogP contribution in [0.15, 0.2) is 24.3 Å². The second-order valence-electron chi connectivity index (χ2n) is 6.67. The van der Waals surface area contributed by atoms with Crippen molar-refractivity contribution in [3.63, 3.8) is 0 Å². The zero-order valence-electron chi connectivity index (χ0n) is 14.3. The fourth-order valence-electron chi connectivity index (χ4n) is 3.03. The van der Waals surface area contributed by atoms with Crippen molar-refractivity contribution < 1.29 is 14.6 Å². The molecule has 23 heavy (non-hydrogen) atoms. The molecule has 1 aliphatic heterocycles. The maximum Gasteiger partial charge on any atom is 0.251 e. The third-order valence-corrected chi connectivity index (χ3v) is 4.19. The van der Waals surface area contributed by atoms with Crippen molar-refractivity contribution in [1.82, 2.24) is 10.2 Å². The highest BCUT2D eigenvalue weighted by molar-refractivity contribution is 5.94. The molecule has 128 valence electrons. The van der Waals surface area contributed by atoms with E-state index in [4.69, 9.17) is 4.74 Å². The van der Waals surface area contributed by atoms with Gasteiger partial charge in [-0.1, -0.05) is 13.8 Å². The van der Waals surface area contributed by atoms with Gasteiger partial charge >= 0.3 is 0 Å². The van der Waals surface area contributed by atoms with E-state index in [1.54, 1.807) is 31.4 Å². The lowest BCUT2D eigenvalue weighted by Gasteiger charge is -2.28. The molecule has 2 N–H and O–H groups in total. The Kier molecular flexibility index (Phi) is 6.42. The normalized spacial score (nSPS) is 22.7. The number of carbonyl (C=O) groups excluding carboxylic acids is 1. The molecule has 0 aliphatic carbocycles. The van der Waals surface area contributed by atoms with E-state index >= 15 is 0 Å². The van der Waals surface area contributed by atoms with Gasteiger partial charge in [-0.25, -0.2) is 0 Å². The van der Waals surface area contributed by atoms with Gasteiger partial charge in [0.1, 0.15) is 5.75 Å². The van der Waals surface area contributed by atoms with E-state index in [0.717, 1.165) is 31.7 Å². The van der Waals surface area contributed by atoms with Crippen LogP contribution in [-0.2, 0) is 0 Å². The van der Waals surface area contributed by atoms with E-state index in [2.05, 4.69) is 24.1 Å². The third kappa shape index (κ3) is 5.22. The van der Waals surface area contributed by atoms with E-state index in [0.29, 0.717) is 18.0 Å². The van der Waals surface area contributed by atoms with Crippen LogP contribution >= 0.6 is 0 Å². The third-order valence-electron chi connectivity index (χ3n) is 4.19. The second-order valence-corrected chi connectivity index (χ2v) is 6.67. The van der Waals surface area contributed by atoms with Gasteiger partial charge in [-0.15, -0.1) is 0 Å². The Hall–Kier alpha value is -1.59. The van der Waals surface area contributed by atoms with Gasteiger partial charge in [0, 0.05) is 18.7 Å². The number of ether oxygens (including phenoxy) is 1. The molecule has 0 unspecified atom stereocenters. The zero-order valence-corrected chi connectivity index (χ0v) is 14.3. The van der Waals surface area contributed by atoms with E-state index < -0.39 is 6.10 Å². The highest BCUT2D eigenvalue weighted by atomic mass is 16.5. The fourth-order valence-corrected chi connectivity index (χ4v) is 3.03. The minimum atomic E-state index is -0.491. The van der Waals surface area contributed by atoms with Crippen molar-refractivity contribution in [3.05, 3.63) is 29.8 Å². The van der Waals surface area contributed by atoms with E-state index in [1.807, 2.05) is 0 Å². The number of aliphatic hydroxyl groups is 1. The van der Waals surface area contributed by atoms with Crippen molar-refractivity contribution in [1.29, 1.82) is 0 Å². The molecule has 5 nitrogen and oxygen atoms in total. The predicted octanol–water partition coefficient (Wildman–Crippen LogP) is 1.91. The van der Waals surface area contributed by atoms with Gasteiger partial charge in [0.05, 0.1) is 19.3 Å². The first-order chi connectivity index (χ1) is 11.0. The van der Waals surface area contributed by atoms with E-state index in [-0.39, 0.29) is 11.9 Å². The molecular formula is C18H28N2O3. The lowest BCUT2D eigenvalue weighted by atomic mass is 10.1. The van der Waals surface area contributed by atoms with Crippen molar-refractivity contribution in [3.8, 4) is 5.75 Å². The molecule has 0 aromatic heterocycles. The summed E-state index contributed by atoms with van der Waals surface area (Å²) in [6.07, 6.45) is 1.19. The van der Waals surface area contributed by atoms with Crippen LogP contribution in [0.2, 0.25) is 0 Å². The van der Waals surface area contributed by atoms with Crippen LogP contribution in [-0.4, -0.2) is 54.8 Å². The average Bonchev–Trinajstić information content (AvgIpc) is 2.69. The molecule has 1 aliphatic rings. The summed E-state index contributed by atoms with van der Waals surface area (Å²) in [7, 11) is 1.60. The van der Waals surface area contributed by atoms with Gasteiger partial charge in [0.2, 0.25) is 0 Å². The van der Waals surface area contributed by atoms with Gasteiger partial charge in [-0.3, -0.25) is 4.79 Å². The van der Waals surface area contributed by atoms with E-state index in [9.17, 15) is 9.90 Å². The van der Waals surface area contributed by atoms with Crippen LogP contribution in [0.1, 0.15) is 37.0 Å². The zero-order chi connectivity index (χ0) is 16.8. The predicted molar refractivity (Wildman–Crippen MR) is 90.8 cm³/mol. The lowest BCUT2D eigenvalue weighted by Crippen LogP contribution is -2.49. The van der Waals surface area contributed by atoms with Crippen LogP contribution in [0.5, 0.6) is 5.75 Å². The van der Waals surface area contributed by atoms with Crippen LogP contribution in [0.4, 0.5) is 0 Å². The Labute approximate surface area is 138 Å². The quantitative estimate of drug-likeness (QED) is 0.870. The largest absolute Gasteiger partial charge is 0.497 e. The summed E-state index contributed by atoms with van der Waals surface area (Å²) >= 11 is 0. The number of benzene rings is 1. The maximum atomic E-state index is 12.4. The minimum Gasteiger partial charge on any atom is -0.497 e. The maximum absolute atomic E-state index is 12.4. The average molecular weight is 320 g/mol. The fraction of sp³-hybridized carbons (Fsp3) is 0.611. The van der Waals surface area contributed by atoms with Gasteiger partial charge in [-0.05, 0) is 49.6 Å². The first-order valence-electron chi connectivity index (χ1n) is 8.35. The smallest absolute Gasteiger partial charge is 0.251 e. The van der Waals surface area contributed by atoms with Gasteiger partial charge in [0.25, 0.3) is 5.91 Å². The topological polar surface area (TPSA) is 61.8 Å². The summed E-state index contributed by atoms with van der Waals surface area (Å²) < 4.78 is 5.11. The first kappa shape index (κ1) is 17.8. The van der Waals surface area contributed by atoms with Crippen LogP contribution in [0, 0.1) is 5.92 Å².